The number of halogens is 3. The Morgan fingerprint density at radius 2 is 2.00 bits per heavy atom. The highest BCUT2D eigenvalue weighted by Crippen LogP contribution is 2.43. The van der Waals surface area contributed by atoms with E-state index >= 15 is 0 Å². The minimum atomic E-state index is -0.938. The van der Waals surface area contributed by atoms with Crippen molar-refractivity contribution in [3.8, 4) is 5.69 Å². The molecular formula is C27H30ClF2N5O3. The van der Waals surface area contributed by atoms with Gasteiger partial charge in [0.2, 0.25) is 0 Å². The number of carbonyl (C=O) groups excluding carboxylic acids is 1. The lowest BCUT2D eigenvalue weighted by Crippen LogP contribution is -2.55. The second-order valence-corrected chi connectivity index (χ2v) is 10.3. The molecule has 11 heteroatoms. The number of amides is 2. The molecule has 4 N–H and O–H groups in total. The third kappa shape index (κ3) is 5.13. The van der Waals surface area contributed by atoms with Gasteiger partial charge in [0, 0.05) is 38.6 Å². The second-order valence-electron chi connectivity index (χ2n) is 9.95. The molecular weight excluding hydrogens is 516 g/mol. The van der Waals surface area contributed by atoms with Gasteiger partial charge in [0.1, 0.15) is 5.02 Å². The highest BCUT2D eigenvalue weighted by Gasteiger charge is 2.45. The average Bonchev–Trinajstić information content (AvgIpc) is 3.44. The number of nitrogens with one attached hydrogen (secondary N) is 3. The van der Waals surface area contributed by atoms with E-state index in [9.17, 15) is 18.7 Å². The van der Waals surface area contributed by atoms with Gasteiger partial charge in [0.25, 0.3) is 0 Å². The van der Waals surface area contributed by atoms with Crippen molar-refractivity contribution in [2.24, 2.45) is 0 Å². The molecule has 1 saturated heterocycles. The summed E-state index contributed by atoms with van der Waals surface area (Å²) < 4.78 is 34.6. The number of hydrogen-bond acceptors (Lipinski definition) is 5. The van der Waals surface area contributed by atoms with Crippen LogP contribution in [0.3, 0.4) is 0 Å². The minimum absolute atomic E-state index is 0.00379. The fourth-order valence-corrected chi connectivity index (χ4v) is 5.70. The number of methoxy groups -OCH3 is 1. The van der Waals surface area contributed by atoms with Crippen LogP contribution in [0.4, 0.5) is 19.4 Å². The number of hydrogen-bond donors (Lipinski definition) is 4. The summed E-state index contributed by atoms with van der Waals surface area (Å²) in [4.78, 5) is 13.5. The maximum absolute atomic E-state index is 14.1. The molecule has 38 heavy (non-hydrogen) atoms. The highest BCUT2D eigenvalue weighted by atomic mass is 35.5. The predicted octanol–water partition coefficient (Wildman–Crippen LogP) is 4.33. The van der Waals surface area contributed by atoms with Gasteiger partial charge < -0.3 is 20.5 Å². The molecule has 1 aliphatic heterocycles. The Morgan fingerprint density at radius 3 is 2.68 bits per heavy atom. The van der Waals surface area contributed by atoms with Gasteiger partial charge in [-0.2, -0.15) is 5.10 Å². The minimum Gasteiger partial charge on any atom is -0.393 e. The van der Waals surface area contributed by atoms with Crippen LogP contribution in [0.1, 0.15) is 42.4 Å². The van der Waals surface area contributed by atoms with E-state index in [-0.39, 0.29) is 17.9 Å². The summed E-state index contributed by atoms with van der Waals surface area (Å²) in [6.07, 6.45) is 1.16. The fraction of sp³-hybridized carbons (Fsp3) is 0.407. The Kier molecular flexibility index (Phi) is 7.67. The zero-order chi connectivity index (χ0) is 26.9. The van der Waals surface area contributed by atoms with Crippen LogP contribution in [0.2, 0.25) is 5.02 Å². The van der Waals surface area contributed by atoms with Gasteiger partial charge >= 0.3 is 6.03 Å². The van der Waals surface area contributed by atoms with E-state index in [1.54, 1.807) is 11.8 Å². The zero-order valence-electron chi connectivity index (χ0n) is 20.9. The molecule has 0 unspecified atom stereocenters. The third-order valence-corrected chi connectivity index (χ3v) is 7.87. The second kappa shape index (κ2) is 11.0. The number of aromatic nitrogens is 2. The van der Waals surface area contributed by atoms with E-state index < -0.39 is 23.2 Å². The van der Waals surface area contributed by atoms with E-state index in [0.717, 1.165) is 6.07 Å². The molecule has 0 radical (unpaired) electrons. The van der Waals surface area contributed by atoms with Crippen molar-refractivity contribution < 1.29 is 23.4 Å². The maximum Gasteiger partial charge on any atom is 0.320 e. The first-order valence-corrected chi connectivity index (χ1v) is 12.9. The summed E-state index contributed by atoms with van der Waals surface area (Å²) in [7, 11) is 1.57. The number of anilines is 1. The van der Waals surface area contributed by atoms with Crippen molar-refractivity contribution in [2.45, 2.75) is 42.7 Å². The standard InChI is InChI=1S/C27H30ClF2N5O3/c1-38-10-9-27(15-31-14-20(27)16-7-8-21(29)22(30)13-16)33-26(37)32-25-23(28)24(17-11-19(36)12-17)34-35(25)18-5-3-2-4-6-18/h2-8,13,17,19-20,31,36H,9-12,14-15H2,1H3,(H2,32,33,37)/t17?,19?,20-,27+/m0/s1. The van der Waals surface area contributed by atoms with Crippen LogP contribution in [-0.2, 0) is 4.74 Å². The largest absolute Gasteiger partial charge is 0.393 e. The Hall–Kier alpha value is -3.05. The molecule has 1 aliphatic carbocycles. The van der Waals surface area contributed by atoms with E-state index in [0.29, 0.717) is 66.7 Å². The summed E-state index contributed by atoms with van der Waals surface area (Å²) in [6.45, 7) is 1.22. The molecule has 0 spiro atoms. The van der Waals surface area contributed by atoms with Gasteiger partial charge in [-0.25, -0.2) is 18.3 Å². The van der Waals surface area contributed by atoms with E-state index in [2.05, 4.69) is 16.0 Å². The van der Waals surface area contributed by atoms with Gasteiger partial charge in [0.05, 0.1) is 23.0 Å². The Balaban J connectivity index is 1.44. The number of nitrogens with zero attached hydrogens (tertiary/aromatic N) is 2. The van der Waals surface area contributed by atoms with Crippen LogP contribution >= 0.6 is 11.6 Å². The predicted molar refractivity (Wildman–Crippen MR) is 140 cm³/mol. The molecule has 5 rings (SSSR count). The Labute approximate surface area is 224 Å². The smallest absolute Gasteiger partial charge is 0.320 e. The van der Waals surface area contributed by atoms with Crippen LogP contribution in [-0.4, -0.2) is 59.4 Å². The number of carbonyl (C=O) groups is 1. The van der Waals surface area contributed by atoms with Crippen LogP contribution in [0.5, 0.6) is 0 Å². The van der Waals surface area contributed by atoms with Crippen LogP contribution in [0, 0.1) is 11.6 Å². The number of aliphatic hydroxyl groups excluding tert-OH is 1. The number of para-hydroxylation sites is 1. The topological polar surface area (TPSA) is 100 Å². The molecule has 2 heterocycles. The molecule has 0 bridgehead atoms. The van der Waals surface area contributed by atoms with Crippen molar-refractivity contribution in [1.29, 1.82) is 0 Å². The van der Waals surface area contributed by atoms with E-state index in [1.165, 1.54) is 12.1 Å². The van der Waals surface area contributed by atoms with Crippen LogP contribution < -0.4 is 16.0 Å². The molecule has 202 valence electrons. The summed E-state index contributed by atoms with van der Waals surface area (Å²) in [6, 6.07) is 12.6. The molecule has 2 fully saturated rings. The Bertz CT molecular complexity index is 1300. The molecule has 2 amide bonds. The van der Waals surface area contributed by atoms with Crippen molar-refractivity contribution >= 4 is 23.4 Å². The van der Waals surface area contributed by atoms with Crippen molar-refractivity contribution in [1.82, 2.24) is 20.4 Å². The number of aliphatic hydroxyl groups is 1. The van der Waals surface area contributed by atoms with Gasteiger partial charge in [-0.3, -0.25) is 5.32 Å². The van der Waals surface area contributed by atoms with Crippen LogP contribution in [0.15, 0.2) is 48.5 Å². The molecule has 1 saturated carbocycles. The lowest BCUT2D eigenvalue weighted by atomic mass is 9.79. The molecule has 2 aliphatic rings. The van der Waals surface area contributed by atoms with Gasteiger partial charge in [0.15, 0.2) is 17.5 Å². The quantitative estimate of drug-likeness (QED) is 0.338. The number of ether oxygens (including phenoxy) is 1. The van der Waals surface area contributed by atoms with Gasteiger partial charge in [-0.1, -0.05) is 35.9 Å². The maximum atomic E-state index is 14.1. The lowest BCUT2D eigenvalue weighted by molar-refractivity contribution is 0.0731. The number of rotatable bonds is 8. The monoisotopic (exact) mass is 545 g/mol. The summed E-state index contributed by atoms with van der Waals surface area (Å²) in [5, 5.41) is 24.1. The summed E-state index contributed by atoms with van der Waals surface area (Å²) >= 11 is 6.75. The lowest BCUT2D eigenvalue weighted by Gasteiger charge is -2.36. The average molecular weight is 546 g/mol. The molecule has 1 aromatic heterocycles. The van der Waals surface area contributed by atoms with E-state index in [1.807, 2.05) is 30.3 Å². The van der Waals surface area contributed by atoms with Crippen molar-refractivity contribution in [3.05, 3.63) is 76.4 Å². The van der Waals surface area contributed by atoms with Gasteiger partial charge in [-0.05, 0) is 49.1 Å². The number of urea groups is 1. The molecule has 8 nitrogen and oxygen atoms in total. The van der Waals surface area contributed by atoms with Crippen molar-refractivity contribution in [3.63, 3.8) is 0 Å². The third-order valence-electron chi connectivity index (χ3n) is 7.50. The normalized spacial score (nSPS) is 24.7. The SMILES string of the molecule is COCC[C@@]1(NC(=O)Nc2c(Cl)c(C3CC(O)C3)nn2-c2ccccc2)CNC[C@H]1c1ccc(F)c(F)c1. The van der Waals surface area contributed by atoms with Crippen molar-refractivity contribution in [2.75, 3.05) is 32.1 Å². The molecule has 2 atom stereocenters. The first-order valence-electron chi connectivity index (χ1n) is 12.6. The van der Waals surface area contributed by atoms with Crippen LogP contribution in [0.25, 0.3) is 5.69 Å². The fourth-order valence-electron chi connectivity index (χ4n) is 5.38. The zero-order valence-corrected chi connectivity index (χ0v) is 21.6. The van der Waals surface area contributed by atoms with Gasteiger partial charge in [-0.15, -0.1) is 0 Å². The highest BCUT2D eigenvalue weighted by molar-refractivity contribution is 6.34. The molecule has 3 aromatic rings. The summed E-state index contributed by atoms with van der Waals surface area (Å²) in [5.74, 6) is -1.89. The number of benzene rings is 2. The Morgan fingerprint density at radius 1 is 1.24 bits per heavy atom. The van der Waals surface area contributed by atoms with E-state index in [4.69, 9.17) is 21.4 Å². The first kappa shape index (κ1) is 26.6. The first-order chi connectivity index (χ1) is 18.3. The summed E-state index contributed by atoms with van der Waals surface area (Å²) in [5.41, 5.74) is 1.07. The molecule has 2 aromatic carbocycles.